The van der Waals surface area contributed by atoms with E-state index in [1.54, 1.807) is 41.9 Å². The van der Waals surface area contributed by atoms with Gasteiger partial charge in [-0.3, -0.25) is 9.10 Å². The Morgan fingerprint density at radius 1 is 1.18 bits per heavy atom. The molecule has 0 amide bonds. The topological polar surface area (TPSA) is 79.4 Å². The Balaban J connectivity index is 1.76. The van der Waals surface area contributed by atoms with Crippen LogP contribution < -0.4 is 9.62 Å². The molecule has 1 aliphatic heterocycles. The molecular weight excluding hydrogens is 401 g/mol. The molecule has 0 atom stereocenters. The molecule has 1 aliphatic rings. The highest BCUT2D eigenvalue weighted by atomic mass is 32.2. The van der Waals surface area contributed by atoms with Crippen LogP contribution in [0.4, 0.5) is 15.9 Å². The van der Waals surface area contributed by atoms with E-state index in [-0.39, 0.29) is 11.4 Å². The first kappa shape index (κ1) is 18.3. The molecule has 6 nitrogen and oxygen atoms in total. The van der Waals surface area contributed by atoms with Gasteiger partial charge in [0.15, 0.2) is 4.91 Å². The number of Topliss-reactive ketones (excluding diaryl/α,β-unsaturated/α-hetero) is 1. The standard InChI is InChI=1S/C19H14FN3O3S2/c20-14-5-3-4-13(10-14)12-23-15-7-9-27-19(15)18(24)16(28(23,25)26)11-22-17-6-1-2-8-21-17/h1-11H,12H2,(H,21,22). The number of carbonyl (C=O) groups is 1. The molecule has 0 unspecified atom stereocenters. The highest BCUT2D eigenvalue weighted by Gasteiger charge is 2.41. The maximum atomic E-state index is 13.5. The van der Waals surface area contributed by atoms with E-state index in [0.29, 0.717) is 21.9 Å². The van der Waals surface area contributed by atoms with E-state index in [9.17, 15) is 17.6 Å². The average Bonchev–Trinajstić information content (AvgIpc) is 3.15. The van der Waals surface area contributed by atoms with Crippen LogP contribution in [-0.2, 0) is 16.6 Å². The average molecular weight is 415 g/mol. The molecule has 2 aromatic heterocycles. The Hall–Kier alpha value is -3.04. The fraction of sp³-hybridized carbons (Fsp3) is 0.0526. The van der Waals surface area contributed by atoms with Crippen molar-refractivity contribution in [1.29, 1.82) is 0 Å². The molecule has 4 rings (SSSR count). The molecule has 0 saturated carbocycles. The zero-order chi connectivity index (χ0) is 19.7. The summed E-state index contributed by atoms with van der Waals surface area (Å²) in [5.74, 6) is -0.628. The number of thiophene rings is 1. The molecule has 0 fully saturated rings. The van der Waals surface area contributed by atoms with E-state index in [0.717, 1.165) is 21.8 Å². The Bertz CT molecular complexity index is 1170. The maximum Gasteiger partial charge on any atom is 0.270 e. The molecule has 0 aliphatic carbocycles. The van der Waals surface area contributed by atoms with Crippen molar-refractivity contribution in [2.75, 3.05) is 9.62 Å². The summed E-state index contributed by atoms with van der Waals surface area (Å²) in [5.41, 5.74) is 0.779. The zero-order valence-corrected chi connectivity index (χ0v) is 16.0. The van der Waals surface area contributed by atoms with Crippen LogP contribution in [0.1, 0.15) is 15.2 Å². The third-order valence-corrected chi connectivity index (χ3v) is 6.81. The monoisotopic (exact) mass is 415 g/mol. The number of sulfonamides is 1. The summed E-state index contributed by atoms with van der Waals surface area (Å²) in [4.78, 5) is 16.8. The van der Waals surface area contributed by atoms with Crippen LogP contribution in [0.5, 0.6) is 0 Å². The van der Waals surface area contributed by atoms with Gasteiger partial charge in [0.1, 0.15) is 16.5 Å². The molecular formula is C19H14FN3O3S2. The van der Waals surface area contributed by atoms with Gasteiger partial charge in [0.25, 0.3) is 10.0 Å². The molecule has 3 heterocycles. The minimum Gasteiger partial charge on any atom is -0.345 e. The van der Waals surface area contributed by atoms with Crippen LogP contribution in [0.2, 0.25) is 0 Å². The van der Waals surface area contributed by atoms with Crippen molar-refractivity contribution in [3.8, 4) is 0 Å². The molecule has 0 spiro atoms. The second-order valence-corrected chi connectivity index (χ2v) is 8.72. The van der Waals surface area contributed by atoms with Crippen LogP contribution in [0.25, 0.3) is 0 Å². The quantitative estimate of drug-likeness (QED) is 0.656. The largest absolute Gasteiger partial charge is 0.345 e. The number of hydrogen-bond acceptors (Lipinski definition) is 6. The minimum absolute atomic E-state index is 0.0853. The Morgan fingerprint density at radius 3 is 2.79 bits per heavy atom. The summed E-state index contributed by atoms with van der Waals surface area (Å²) in [7, 11) is -4.14. The van der Waals surface area contributed by atoms with Crippen molar-refractivity contribution < 1.29 is 17.6 Å². The number of allylic oxidation sites excluding steroid dienone is 1. The summed E-state index contributed by atoms with van der Waals surface area (Å²) < 4.78 is 41.0. The number of fused-ring (bicyclic) bond motifs is 1. The van der Waals surface area contributed by atoms with Gasteiger partial charge < -0.3 is 5.32 Å². The SMILES string of the molecule is O=C1C(=CNc2ccccn2)S(=O)(=O)N(Cc2cccc(F)c2)c2ccsc21. The number of halogens is 1. The number of rotatable bonds is 4. The van der Waals surface area contributed by atoms with Gasteiger partial charge in [-0.2, -0.15) is 0 Å². The highest BCUT2D eigenvalue weighted by Crippen LogP contribution is 2.39. The first-order chi connectivity index (χ1) is 13.5. The van der Waals surface area contributed by atoms with Gasteiger partial charge in [0, 0.05) is 12.4 Å². The second-order valence-electron chi connectivity index (χ2n) is 5.97. The number of nitrogens with one attached hydrogen (secondary N) is 1. The molecule has 1 N–H and O–H groups in total. The predicted molar refractivity (Wildman–Crippen MR) is 106 cm³/mol. The molecule has 28 heavy (non-hydrogen) atoms. The summed E-state index contributed by atoms with van der Waals surface area (Å²) in [5, 5.41) is 4.42. The molecule has 0 bridgehead atoms. The lowest BCUT2D eigenvalue weighted by atomic mass is 10.2. The predicted octanol–water partition coefficient (Wildman–Crippen LogP) is 3.77. The number of hydrogen-bond donors (Lipinski definition) is 1. The van der Waals surface area contributed by atoms with E-state index in [1.807, 2.05) is 0 Å². The highest BCUT2D eigenvalue weighted by molar-refractivity contribution is 7.97. The maximum absolute atomic E-state index is 13.5. The summed E-state index contributed by atoms with van der Waals surface area (Å²) in [6.45, 7) is -0.0853. The van der Waals surface area contributed by atoms with Crippen LogP contribution in [-0.4, -0.2) is 19.2 Å². The lowest BCUT2D eigenvalue weighted by molar-refractivity contribution is 0.104. The number of benzene rings is 1. The number of carbonyl (C=O) groups excluding carboxylic acids is 1. The number of nitrogens with zero attached hydrogens (tertiary/aromatic N) is 2. The Morgan fingerprint density at radius 2 is 2.04 bits per heavy atom. The summed E-state index contributed by atoms with van der Waals surface area (Å²) >= 11 is 1.16. The van der Waals surface area contributed by atoms with Crippen molar-refractivity contribution in [3.63, 3.8) is 0 Å². The minimum atomic E-state index is -4.14. The van der Waals surface area contributed by atoms with E-state index in [4.69, 9.17) is 0 Å². The molecule has 0 saturated heterocycles. The third kappa shape index (κ3) is 3.30. The van der Waals surface area contributed by atoms with Gasteiger partial charge in [-0.1, -0.05) is 18.2 Å². The van der Waals surface area contributed by atoms with E-state index in [2.05, 4.69) is 10.3 Å². The second kappa shape index (κ2) is 7.17. The number of anilines is 2. The fourth-order valence-electron chi connectivity index (χ4n) is 2.84. The van der Waals surface area contributed by atoms with Crippen molar-refractivity contribution in [2.45, 2.75) is 6.54 Å². The van der Waals surface area contributed by atoms with Crippen LogP contribution in [0.15, 0.2) is 71.2 Å². The number of aromatic nitrogens is 1. The molecule has 0 radical (unpaired) electrons. The van der Waals surface area contributed by atoms with Crippen LogP contribution >= 0.6 is 11.3 Å². The first-order valence-corrected chi connectivity index (χ1v) is 10.6. The third-order valence-electron chi connectivity index (χ3n) is 4.14. The van der Waals surface area contributed by atoms with Crippen molar-refractivity contribution in [2.24, 2.45) is 0 Å². The Kier molecular flexibility index (Phi) is 4.70. The molecule has 142 valence electrons. The van der Waals surface area contributed by atoms with Gasteiger partial charge in [0.2, 0.25) is 5.78 Å². The normalized spacial score (nSPS) is 16.8. The van der Waals surface area contributed by atoms with Gasteiger partial charge in [-0.15, -0.1) is 11.3 Å². The number of pyridine rings is 1. The first-order valence-electron chi connectivity index (χ1n) is 8.24. The zero-order valence-electron chi connectivity index (χ0n) is 14.4. The summed E-state index contributed by atoms with van der Waals surface area (Å²) in [6, 6.07) is 12.4. The van der Waals surface area contributed by atoms with Crippen molar-refractivity contribution >= 4 is 38.6 Å². The van der Waals surface area contributed by atoms with Crippen LogP contribution in [0, 0.1) is 5.82 Å². The van der Waals surface area contributed by atoms with Gasteiger partial charge in [-0.25, -0.2) is 17.8 Å². The number of ketones is 1. The van der Waals surface area contributed by atoms with Gasteiger partial charge in [-0.05, 0) is 41.3 Å². The van der Waals surface area contributed by atoms with Crippen LogP contribution in [0.3, 0.4) is 0 Å². The Labute approximate surface area is 165 Å². The molecule has 1 aromatic carbocycles. The van der Waals surface area contributed by atoms with Gasteiger partial charge >= 0.3 is 0 Å². The molecule has 9 heteroatoms. The van der Waals surface area contributed by atoms with E-state index >= 15 is 0 Å². The van der Waals surface area contributed by atoms with Crippen molar-refractivity contribution in [1.82, 2.24) is 4.98 Å². The van der Waals surface area contributed by atoms with Crippen molar-refractivity contribution in [3.05, 3.63) is 87.5 Å². The van der Waals surface area contributed by atoms with E-state index < -0.39 is 21.6 Å². The van der Waals surface area contributed by atoms with Gasteiger partial charge in [0.05, 0.1) is 12.2 Å². The molecule has 3 aromatic rings. The lowest BCUT2D eigenvalue weighted by Crippen LogP contribution is -2.38. The lowest BCUT2D eigenvalue weighted by Gasteiger charge is -2.29. The fourth-order valence-corrected chi connectivity index (χ4v) is 5.33. The van der Waals surface area contributed by atoms with E-state index in [1.165, 1.54) is 18.2 Å². The summed E-state index contributed by atoms with van der Waals surface area (Å²) in [6.07, 6.45) is 2.70. The smallest absolute Gasteiger partial charge is 0.270 e.